The van der Waals surface area contributed by atoms with Gasteiger partial charge in [-0.05, 0) is 74.8 Å². The smallest absolute Gasteiger partial charge is 0.181 e. The first-order chi connectivity index (χ1) is 12.2. The molecule has 2 aromatic rings. The quantitative estimate of drug-likeness (QED) is 0.886. The van der Waals surface area contributed by atoms with Crippen LogP contribution < -0.4 is 10.6 Å². The number of rotatable bonds is 3. The summed E-state index contributed by atoms with van der Waals surface area (Å²) < 4.78 is 26.5. The van der Waals surface area contributed by atoms with Crippen LogP contribution in [0, 0.1) is 0 Å². The lowest BCUT2D eigenvalue weighted by molar-refractivity contribution is 0.462. The topological polar surface area (TPSA) is 58.2 Å². The average Bonchev–Trinajstić information content (AvgIpc) is 2.68. The summed E-state index contributed by atoms with van der Waals surface area (Å²) in [6, 6.07) is 12.0. The van der Waals surface area contributed by atoms with Gasteiger partial charge in [-0.2, -0.15) is 0 Å². The first-order valence-corrected chi connectivity index (χ1v) is 10.9. The second-order valence-electron chi connectivity index (χ2n) is 7.22. The van der Waals surface area contributed by atoms with Gasteiger partial charge >= 0.3 is 0 Å². The van der Waals surface area contributed by atoms with E-state index in [-0.39, 0.29) is 5.25 Å². The summed E-state index contributed by atoms with van der Waals surface area (Å²) in [6.45, 7) is 3.65. The van der Waals surface area contributed by atoms with Crippen molar-refractivity contribution in [1.29, 1.82) is 0 Å². The fourth-order valence-electron chi connectivity index (χ4n) is 4.32. The van der Waals surface area contributed by atoms with E-state index in [0.29, 0.717) is 23.7 Å². The first kappa shape index (κ1) is 17.0. The standard InChI is InChI=1S/C20H26N2O2S/c23-25(24,16-9-13-22-14-10-16)20-6-5-17(15-7-11-21-12-8-15)18-3-1-2-4-19(18)20/h1-6,15-16,21-22H,7-14H2. The lowest BCUT2D eigenvalue weighted by Gasteiger charge is -2.26. The Labute approximate surface area is 149 Å². The van der Waals surface area contributed by atoms with Gasteiger partial charge in [-0.15, -0.1) is 0 Å². The van der Waals surface area contributed by atoms with E-state index >= 15 is 0 Å². The highest BCUT2D eigenvalue weighted by Crippen LogP contribution is 2.36. The summed E-state index contributed by atoms with van der Waals surface area (Å²) in [4.78, 5) is 0.521. The van der Waals surface area contributed by atoms with E-state index in [1.54, 1.807) is 0 Å². The SMILES string of the molecule is O=S(=O)(c1ccc(C2CCNCC2)c2ccccc12)C1CCNCC1. The third-order valence-corrected chi connectivity index (χ3v) is 8.05. The van der Waals surface area contributed by atoms with Crippen molar-refractivity contribution in [3.63, 3.8) is 0 Å². The van der Waals surface area contributed by atoms with Crippen LogP contribution in [0.4, 0.5) is 0 Å². The van der Waals surface area contributed by atoms with E-state index in [1.807, 2.05) is 24.3 Å². The summed E-state index contributed by atoms with van der Waals surface area (Å²) in [5.41, 5.74) is 1.31. The number of benzene rings is 2. The van der Waals surface area contributed by atoms with Crippen molar-refractivity contribution in [2.45, 2.75) is 41.7 Å². The predicted molar refractivity (Wildman–Crippen MR) is 102 cm³/mol. The molecule has 2 aliphatic heterocycles. The van der Waals surface area contributed by atoms with Gasteiger partial charge in [-0.25, -0.2) is 8.42 Å². The molecule has 2 fully saturated rings. The highest BCUT2D eigenvalue weighted by molar-refractivity contribution is 7.92. The minimum absolute atomic E-state index is 0.262. The Morgan fingerprint density at radius 1 is 0.760 bits per heavy atom. The molecule has 2 N–H and O–H groups in total. The van der Waals surface area contributed by atoms with E-state index in [0.717, 1.165) is 49.8 Å². The average molecular weight is 359 g/mol. The summed E-state index contributed by atoms with van der Waals surface area (Å²) in [7, 11) is -3.29. The van der Waals surface area contributed by atoms with Crippen LogP contribution in [0.3, 0.4) is 0 Å². The largest absolute Gasteiger partial charge is 0.317 e. The number of piperidine rings is 2. The predicted octanol–water partition coefficient (Wildman–Crippen LogP) is 2.83. The summed E-state index contributed by atoms with van der Waals surface area (Å²) >= 11 is 0. The molecular weight excluding hydrogens is 332 g/mol. The second kappa shape index (κ2) is 7.06. The molecule has 2 aliphatic rings. The van der Waals surface area contributed by atoms with Crippen LogP contribution >= 0.6 is 0 Å². The second-order valence-corrected chi connectivity index (χ2v) is 9.41. The van der Waals surface area contributed by atoms with Crippen molar-refractivity contribution < 1.29 is 8.42 Å². The van der Waals surface area contributed by atoms with Gasteiger partial charge in [-0.1, -0.05) is 30.3 Å². The molecule has 0 aromatic heterocycles. The molecule has 25 heavy (non-hydrogen) atoms. The molecule has 0 unspecified atom stereocenters. The van der Waals surface area contributed by atoms with Crippen molar-refractivity contribution in [2.75, 3.05) is 26.2 Å². The fraction of sp³-hybridized carbons (Fsp3) is 0.500. The van der Waals surface area contributed by atoms with Crippen LogP contribution in [0.15, 0.2) is 41.3 Å². The Balaban J connectivity index is 1.80. The van der Waals surface area contributed by atoms with Crippen molar-refractivity contribution in [1.82, 2.24) is 10.6 Å². The highest BCUT2D eigenvalue weighted by atomic mass is 32.2. The summed E-state index contributed by atoms with van der Waals surface area (Å²) in [5, 5.41) is 8.42. The van der Waals surface area contributed by atoms with Crippen molar-refractivity contribution in [2.24, 2.45) is 0 Å². The Morgan fingerprint density at radius 2 is 1.36 bits per heavy atom. The van der Waals surface area contributed by atoms with Crippen LogP contribution in [-0.2, 0) is 9.84 Å². The van der Waals surface area contributed by atoms with Gasteiger partial charge in [0.05, 0.1) is 10.1 Å². The molecule has 4 rings (SSSR count). The molecule has 0 spiro atoms. The maximum atomic E-state index is 13.3. The van der Waals surface area contributed by atoms with Crippen molar-refractivity contribution >= 4 is 20.6 Å². The van der Waals surface area contributed by atoms with Crippen LogP contribution in [-0.4, -0.2) is 39.8 Å². The molecule has 0 radical (unpaired) electrons. The molecular formula is C20H26N2O2S. The summed E-state index contributed by atoms with van der Waals surface area (Å²) in [6.07, 6.45) is 3.63. The maximum Gasteiger partial charge on any atom is 0.181 e. The molecule has 134 valence electrons. The van der Waals surface area contributed by atoms with Crippen LogP contribution in [0.1, 0.15) is 37.2 Å². The summed E-state index contributed by atoms with van der Waals surface area (Å²) in [5.74, 6) is 0.516. The Kier molecular flexibility index (Phi) is 4.80. The lowest BCUT2D eigenvalue weighted by atomic mass is 9.87. The highest BCUT2D eigenvalue weighted by Gasteiger charge is 2.31. The zero-order chi connectivity index (χ0) is 17.3. The third kappa shape index (κ3) is 3.21. The zero-order valence-electron chi connectivity index (χ0n) is 14.5. The van der Waals surface area contributed by atoms with Gasteiger partial charge in [0.1, 0.15) is 0 Å². The van der Waals surface area contributed by atoms with Gasteiger partial charge in [-0.3, -0.25) is 0 Å². The zero-order valence-corrected chi connectivity index (χ0v) is 15.3. The third-order valence-electron chi connectivity index (χ3n) is 5.73. The molecule has 2 saturated heterocycles. The van der Waals surface area contributed by atoms with Gasteiger partial charge in [0, 0.05) is 5.39 Å². The Hall–Kier alpha value is -1.43. The molecule has 4 nitrogen and oxygen atoms in total. The fourth-order valence-corrected chi connectivity index (χ4v) is 6.27. The molecule has 5 heteroatoms. The maximum absolute atomic E-state index is 13.3. The monoisotopic (exact) mass is 358 g/mol. The van der Waals surface area contributed by atoms with Gasteiger partial charge in [0.2, 0.25) is 0 Å². The van der Waals surface area contributed by atoms with Gasteiger partial charge in [0.25, 0.3) is 0 Å². The minimum atomic E-state index is -3.29. The number of fused-ring (bicyclic) bond motifs is 1. The number of sulfone groups is 1. The number of nitrogens with one attached hydrogen (secondary N) is 2. The normalized spacial score (nSPS) is 20.8. The first-order valence-electron chi connectivity index (χ1n) is 9.35. The molecule has 2 aromatic carbocycles. The lowest BCUT2D eigenvalue weighted by Crippen LogP contribution is -2.35. The van der Waals surface area contributed by atoms with Crippen molar-refractivity contribution in [3.8, 4) is 0 Å². The molecule has 0 saturated carbocycles. The Morgan fingerprint density at radius 3 is 2.04 bits per heavy atom. The van der Waals surface area contributed by atoms with E-state index in [1.165, 1.54) is 5.56 Å². The van der Waals surface area contributed by atoms with Crippen LogP contribution in [0.5, 0.6) is 0 Å². The van der Waals surface area contributed by atoms with Crippen LogP contribution in [0.2, 0.25) is 0 Å². The van der Waals surface area contributed by atoms with Crippen LogP contribution in [0.25, 0.3) is 10.8 Å². The molecule has 0 aliphatic carbocycles. The van der Waals surface area contributed by atoms with Gasteiger partial charge < -0.3 is 10.6 Å². The molecule has 2 heterocycles. The van der Waals surface area contributed by atoms with Gasteiger partial charge in [0.15, 0.2) is 9.84 Å². The van der Waals surface area contributed by atoms with E-state index in [4.69, 9.17) is 0 Å². The van der Waals surface area contributed by atoms with E-state index in [9.17, 15) is 8.42 Å². The minimum Gasteiger partial charge on any atom is -0.317 e. The molecule has 0 amide bonds. The Bertz CT molecular complexity index is 851. The molecule has 0 bridgehead atoms. The molecule has 0 atom stereocenters. The number of hydrogen-bond acceptors (Lipinski definition) is 4. The van der Waals surface area contributed by atoms with Crippen molar-refractivity contribution in [3.05, 3.63) is 42.0 Å². The number of hydrogen-bond donors (Lipinski definition) is 2. The van der Waals surface area contributed by atoms with E-state index in [2.05, 4.69) is 22.8 Å². The van der Waals surface area contributed by atoms with E-state index < -0.39 is 9.84 Å².